The van der Waals surface area contributed by atoms with Crippen molar-refractivity contribution in [2.75, 3.05) is 0 Å². The number of benzene rings is 1. The van der Waals surface area contributed by atoms with Crippen molar-refractivity contribution in [3.05, 3.63) is 35.5 Å². The largest absolute Gasteiger partial charge is 0.358 e. The minimum Gasteiger partial charge on any atom is -0.358 e. The number of H-pyrrole nitrogens is 1. The van der Waals surface area contributed by atoms with Gasteiger partial charge in [-0.1, -0.05) is 19.4 Å². The molecule has 0 unspecified atom stereocenters. The van der Waals surface area contributed by atoms with Gasteiger partial charge in [0.1, 0.15) is 0 Å². The number of aromatic amines is 1. The van der Waals surface area contributed by atoms with E-state index in [9.17, 15) is 4.79 Å². The average Bonchev–Trinajstić information content (AvgIpc) is 2.69. The maximum Gasteiger partial charge on any atom is 0.274 e. The molecule has 1 heterocycles. The molecule has 2 aromatic rings. The fourth-order valence-electron chi connectivity index (χ4n) is 1.80. The second-order valence-electron chi connectivity index (χ2n) is 3.79. The normalized spacial score (nSPS) is 10.6. The molecule has 1 aromatic heterocycles. The number of aromatic nitrogens is 1. The van der Waals surface area contributed by atoms with E-state index in [1.165, 1.54) is 5.69 Å². The number of nitrogens with one attached hydrogen (secondary N) is 2. The van der Waals surface area contributed by atoms with Crippen molar-refractivity contribution >= 4 is 16.8 Å². The number of hydrogen-bond acceptors (Lipinski definition) is 2. The lowest BCUT2D eigenvalue weighted by atomic mass is 10.1. The summed E-state index contributed by atoms with van der Waals surface area (Å²) in [6.07, 6.45) is 2.08. The standard InChI is InChI=1S/C12H14N2O2/c1-2-3-10-6-8-4-5-9(12(15)14-16)7-11(8)13-10/h4-7,13,16H,2-3H2,1H3,(H,14,15). The molecule has 1 aromatic carbocycles. The molecule has 0 spiro atoms. The number of amides is 1. The van der Waals surface area contributed by atoms with E-state index in [4.69, 9.17) is 5.21 Å². The number of carbonyl (C=O) groups excluding carboxylic acids is 1. The van der Waals surface area contributed by atoms with E-state index in [-0.39, 0.29) is 0 Å². The molecular formula is C12H14N2O2. The number of fused-ring (bicyclic) bond motifs is 1. The van der Waals surface area contributed by atoms with Crippen LogP contribution in [0, 0.1) is 0 Å². The lowest BCUT2D eigenvalue weighted by Crippen LogP contribution is -2.18. The highest BCUT2D eigenvalue weighted by Crippen LogP contribution is 2.18. The van der Waals surface area contributed by atoms with Crippen LogP contribution in [-0.4, -0.2) is 16.1 Å². The first-order valence-corrected chi connectivity index (χ1v) is 5.30. The van der Waals surface area contributed by atoms with Gasteiger partial charge in [-0.25, -0.2) is 5.48 Å². The van der Waals surface area contributed by atoms with Gasteiger partial charge < -0.3 is 4.98 Å². The molecule has 0 aliphatic rings. The zero-order valence-corrected chi connectivity index (χ0v) is 9.08. The predicted octanol–water partition coefficient (Wildman–Crippen LogP) is 2.24. The van der Waals surface area contributed by atoms with Crippen LogP contribution in [0.2, 0.25) is 0 Å². The number of hydroxylamine groups is 1. The van der Waals surface area contributed by atoms with Gasteiger partial charge in [0.05, 0.1) is 0 Å². The topological polar surface area (TPSA) is 65.1 Å². The molecule has 4 heteroatoms. The summed E-state index contributed by atoms with van der Waals surface area (Å²) in [4.78, 5) is 14.5. The van der Waals surface area contributed by atoms with Crippen molar-refractivity contribution in [1.29, 1.82) is 0 Å². The molecule has 84 valence electrons. The summed E-state index contributed by atoms with van der Waals surface area (Å²) in [5, 5.41) is 9.62. The van der Waals surface area contributed by atoms with Gasteiger partial charge in [0.25, 0.3) is 5.91 Å². The first-order chi connectivity index (χ1) is 7.74. The zero-order valence-electron chi connectivity index (χ0n) is 9.08. The van der Waals surface area contributed by atoms with Gasteiger partial charge in [-0.3, -0.25) is 10.0 Å². The average molecular weight is 218 g/mol. The summed E-state index contributed by atoms with van der Waals surface area (Å²) >= 11 is 0. The summed E-state index contributed by atoms with van der Waals surface area (Å²) in [6, 6.07) is 7.38. The van der Waals surface area contributed by atoms with Crippen LogP contribution >= 0.6 is 0 Å². The highest BCUT2D eigenvalue weighted by atomic mass is 16.5. The molecule has 0 saturated carbocycles. The molecular weight excluding hydrogens is 204 g/mol. The van der Waals surface area contributed by atoms with Gasteiger partial charge in [0, 0.05) is 16.8 Å². The Hall–Kier alpha value is -1.81. The van der Waals surface area contributed by atoms with Gasteiger partial charge in [-0.2, -0.15) is 0 Å². The summed E-state index contributed by atoms with van der Waals surface area (Å²) in [5.74, 6) is -0.492. The lowest BCUT2D eigenvalue weighted by Gasteiger charge is -1.98. The highest BCUT2D eigenvalue weighted by molar-refractivity contribution is 5.97. The molecule has 0 fully saturated rings. The molecule has 16 heavy (non-hydrogen) atoms. The number of rotatable bonds is 3. The zero-order chi connectivity index (χ0) is 11.5. The van der Waals surface area contributed by atoms with Crippen molar-refractivity contribution in [2.24, 2.45) is 0 Å². The minimum atomic E-state index is -0.492. The Kier molecular flexibility index (Phi) is 2.92. The third-order valence-electron chi connectivity index (χ3n) is 2.56. The van der Waals surface area contributed by atoms with Crippen LogP contribution in [0.15, 0.2) is 24.3 Å². The summed E-state index contributed by atoms with van der Waals surface area (Å²) in [5.41, 5.74) is 4.16. The Bertz CT molecular complexity index is 517. The first kappa shape index (κ1) is 10.7. The van der Waals surface area contributed by atoms with E-state index in [1.807, 2.05) is 6.07 Å². The molecule has 3 N–H and O–H groups in total. The molecule has 4 nitrogen and oxygen atoms in total. The molecule has 0 radical (unpaired) electrons. The van der Waals surface area contributed by atoms with Crippen LogP contribution in [0.5, 0.6) is 0 Å². The first-order valence-electron chi connectivity index (χ1n) is 5.30. The van der Waals surface area contributed by atoms with Gasteiger partial charge in [-0.15, -0.1) is 0 Å². The Labute approximate surface area is 93.2 Å². The molecule has 0 aliphatic heterocycles. The van der Waals surface area contributed by atoms with E-state index < -0.39 is 5.91 Å². The predicted molar refractivity (Wildman–Crippen MR) is 61.5 cm³/mol. The van der Waals surface area contributed by atoms with E-state index in [2.05, 4.69) is 18.0 Å². The number of carbonyl (C=O) groups is 1. The molecule has 2 rings (SSSR count). The van der Waals surface area contributed by atoms with E-state index in [1.54, 1.807) is 17.6 Å². The van der Waals surface area contributed by atoms with Crippen LogP contribution < -0.4 is 5.48 Å². The minimum absolute atomic E-state index is 0.444. The molecule has 0 bridgehead atoms. The SMILES string of the molecule is CCCc1cc2ccc(C(=O)NO)cc2[nH]1. The molecule has 0 atom stereocenters. The van der Waals surface area contributed by atoms with Crippen molar-refractivity contribution in [1.82, 2.24) is 10.5 Å². The maximum atomic E-state index is 11.2. The van der Waals surface area contributed by atoms with Crippen LogP contribution in [-0.2, 0) is 6.42 Å². The summed E-state index contributed by atoms with van der Waals surface area (Å²) in [6.45, 7) is 2.12. The van der Waals surface area contributed by atoms with Gasteiger partial charge >= 0.3 is 0 Å². The summed E-state index contributed by atoms with van der Waals surface area (Å²) < 4.78 is 0. The molecule has 0 saturated heterocycles. The molecule has 1 amide bonds. The van der Waals surface area contributed by atoms with Crippen molar-refractivity contribution in [2.45, 2.75) is 19.8 Å². The fraction of sp³-hybridized carbons (Fsp3) is 0.250. The van der Waals surface area contributed by atoms with Gasteiger partial charge in [0.15, 0.2) is 0 Å². The fourth-order valence-corrected chi connectivity index (χ4v) is 1.80. The number of hydrogen-bond donors (Lipinski definition) is 3. The third-order valence-corrected chi connectivity index (χ3v) is 2.56. The van der Waals surface area contributed by atoms with Crippen LogP contribution in [0.4, 0.5) is 0 Å². The Balaban J connectivity index is 2.41. The smallest absolute Gasteiger partial charge is 0.274 e. The summed E-state index contributed by atoms with van der Waals surface area (Å²) in [7, 11) is 0. The third kappa shape index (κ3) is 1.92. The van der Waals surface area contributed by atoms with E-state index in [0.717, 1.165) is 23.7 Å². The van der Waals surface area contributed by atoms with Gasteiger partial charge in [0.2, 0.25) is 0 Å². The Morgan fingerprint density at radius 3 is 2.94 bits per heavy atom. The van der Waals surface area contributed by atoms with E-state index in [0.29, 0.717) is 5.56 Å². The van der Waals surface area contributed by atoms with E-state index >= 15 is 0 Å². The quantitative estimate of drug-likeness (QED) is 0.546. The number of aryl methyl sites for hydroxylation is 1. The van der Waals surface area contributed by atoms with Crippen molar-refractivity contribution in [3.8, 4) is 0 Å². The van der Waals surface area contributed by atoms with Crippen molar-refractivity contribution < 1.29 is 10.0 Å². The van der Waals surface area contributed by atoms with Gasteiger partial charge in [-0.05, 0) is 30.0 Å². The maximum absolute atomic E-state index is 11.2. The van der Waals surface area contributed by atoms with Crippen LogP contribution in [0.1, 0.15) is 29.4 Å². The Morgan fingerprint density at radius 1 is 1.44 bits per heavy atom. The monoisotopic (exact) mass is 218 g/mol. The lowest BCUT2D eigenvalue weighted by molar-refractivity contribution is 0.0706. The second kappa shape index (κ2) is 4.37. The Morgan fingerprint density at radius 2 is 2.25 bits per heavy atom. The van der Waals surface area contributed by atoms with Crippen LogP contribution in [0.25, 0.3) is 10.9 Å². The van der Waals surface area contributed by atoms with Crippen LogP contribution in [0.3, 0.4) is 0 Å². The molecule has 0 aliphatic carbocycles. The highest BCUT2D eigenvalue weighted by Gasteiger charge is 2.06. The van der Waals surface area contributed by atoms with Crippen molar-refractivity contribution in [3.63, 3.8) is 0 Å². The second-order valence-corrected chi connectivity index (χ2v) is 3.79.